The van der Waals surface area contributed by atoms with E-state index in [1.54, 1.807) is 12.5 Å². The zero-order chi connectivity index (χ0) is 11.7. The van der Waals surface area contributed by atoms with Gasteiger partial charge in [-0.2, -0.15) is 0 Å². The molecule has 0 radical (unpaired) electrons. The van der Waals surface area contributed by atoms with Gasteiger partial charge in [0.1, 0.15) is 11.8 Å². The Morgan fingerprint density at radius 1 is 1.25 bits per heavy atom. The SMILES string of the molecule is NC(c1ncc(Br)cc1Br)c1occc1Br. The van der Waals surface area contributed by atoms with Gasteiger partial charge in [0, 0.05) is 15.1 Å². The van der Waals surface area contributed by atoms with Gasteiger partial charge in [-0.25, -0.2) is 0 Å². The van der Waals surface area contributed by atoms with Crippen LogP contribution in [0.2, 0.25) is 0 Å². The normalized spacial score (nSPS) is 12.8. The Morgan fingerprint density at radius 3 is 2.56 bits per heavy atom. The van der Waals surface area contributed by atoms with Crippen LogP contribution in [0.1, 0.15) is 17.5 Å². The quantitative estimate of drug-likeness (QED) is 0.813. The van der Waals surface area contributed by atoms with Crippen molar-refractivity contribution in [1.29, 1.82) is 0 Å². The van der Waals surface area contributed by atoms with Gasteiger partial charge in [0.15, 0.2) is 0 Å². The molecule has 0 saturated carbocycles. The number of nitrogens with two attached hydrogens (primary N) is 1. The lowest BCUT2D eigenvalue weighted by molar-refractivity contribution is 0.483. The van der Waals surface area contributed by atoms with Crippen LogP contribution in [0.4, 0.5) is 0 Å². The Bertz CT molecular complexity index is 513. The van der Waals surface area contributed by atoms with Crippen molar-refractivity contribution in [3.8, 4) is 0 Å². The van der Waals surface area contributed by atoms with Gasteiger partial charge in [0.2, 0.25) is 0 Å². The molecule has 0 saturated heterocycles. The van der Waals surface area contributed by atoms with E-state index in [9.17, 15) is 0 Å². The number of furan rings is 1. The van der Waals surface area contributed by atoms with Crippen molar-refractivity contribution in [2.45, 2.75) is 6.04 Å². The molecule has 0 aliphatic carbocycles. The Balaban J connectivity index is 2.41. The summed E-state index contributed by atoms with van der Waals surface area (Å²) in [7, 11) is 0. The van der Waals surface area contributed by atoms with Crippen LogP contribution < -0.4 is 5.73 Å². The monoisotopic (exact) mass is 408 g/mol. The Morgan fingerprint density at radius 2 is 2.00 bits per heavy atom. The van der Waals surface area contributed by atoms with Crippen LogP contribution in [-0.4, -0.2) is 4.98 Å². The van der Waals surface area contributed by atoms with Gasteiger partial charge >= 0.3 is 0 Å². The Hall–Kier alpha value is -0.170. The highest BCUT2D eigenvalue weighted by Gasteiger charge is 2.19. The number of pyridine rings is 1. The van der Waals surface area contributed by atoms with Gasteiger partial charge in [-0.15, -0.1) is 0 Å². The maximum Gasteiger partial charge on any atom is 0.140 e. The molecule has 2 heterocycles. The first-order chi connectivity index (χ1) is 7.59. The molecule has 16 heavy (non-hydrogen) atoms. The summed E-state index contributed by atoms with van der Waals surface area (Å²) in [5.74, 6) is 0.663. The molecule has 0 aromatic carbocycles. The standard InChI is InChI=1S/C10H7Br3N2O/c11-5-3-7(13)9(15-4-5)8(14)10-6(12)1-2-16-10/h1-4,8H,14H2. The largest absolute Gasteiger partial charge is 0.466 e. The molecular formula is C10H7Br3N2O. The molecule has 0 aliphatic rings. The summed E-state index contributed by atoms with van der Waals surface area (Å²) in [5.41, 5.74) is 6.82. The van der Waals surface area contributed by atoms with Gasteiger partial charge < -0.3 is 10.2 Å². The van der Waals surface area contributed by atoms with Crippen molar-refractivity contribution < 1.29 is 4.42 Å². The molecule has 0 bridgehead atoms. The topological polar surface area (TPSA) is 52.0 Å². The minimum atomic E-state index is -0.396. The number of nitrogens with zero attached hydrogens (tertiary/aromatic N) is 1. The van der Waals surface area contributed by atoms with E-state index in [0.29, 0.717) is 5.76 Å². The molecule has 2 aromatic rings. The predicted octanol–water partition coefficient (Wildman–Crippen LogP) is 4.01. The van der Waals surface area contributed by atoms with E-state index in [0.717, 1.165) is 19.1 Å². The highest BCUT2D eigenvalue weighted by atomic mass is 79.9. The first-order valence-corrected chi connectivity index (χ1v) is 6.77. The molecule has 2 rings (SSSR count). The predicted molar refractivity (Wildman–Crippen MR) is 72.1 cm³/mol. The summed E-state index contributed by atoms with van der Waals surface area (Å²) in [6, 6.07) is 3.31. The fraction of sp³-hybridized carbons (Fsp3) is 0.100. The molecule has 0 amide bonds. The molecule has 6 heteroatoms. The molecule has 0 spiro atoms. The molecular weight excluding hydrogens is 404 g/mol. The average Bonchev–Trinajstić information content (AvgIpc) is 2.63. The molecule has 84 valence electrons. The third-order valence-corrected chi connectivity index (χ3v) is 3.78. The van der Waals surface area contributed by atoms with Crippen LogP contribution in [0.5, 0.6) is 0 Å². The maximum absolute atomic E-state index is 6.08. The van der Waals surface area contributed by atoms with Crippen LogP contribution in [-0.2, 0) is 0 Å². The van der Waals surface area contributed by atoms with E-state index in [2.05, 4.69) is 52.8 Å². The van der Waals surface area contributed by atoms with Gasteiger partial charge in [-0.05, 0) is 59.9 Å². The summed E-state index contributed by atoms with van der Waals surface area (Å²) in [4.78, 5) is 4.28. The highest BCUT2D eigenvalue weighted by Crippen LogP contribution is 2.31. The van der Waals surface area contributed by atoms with E-state index >= 15 is 0 Å². The number of hydrogen-bond acceptors (Lipinski definition) is 3. The van der Waals surface area contributed by atoms with Gasteiger partial charge in [0.05, 0.1) is 16.4 Å². The van der Waals surface area contributed by atoms with Crippen LogP contribution in [0, 0.1) is 0 Å². The van der Waals surface area contributed by atoms with E-state index in [1.165, 1.54) is 0 Å². The number of hydrogen-bond donors (Lipinski definition) is 1. The van der Waals surface area contributed by atoms with E-state index in [4.69, 9.17) is 10.2 Å². The number of halogens is 3. The average molecular weight is 411 g/mol. The summed E-state index contributed by atoms with van der Waals surface area (Å²) in [6.45, 7) is 0. The number of rotatable bonds is 2. The van der Waals surface area contributed by atoms with Gasteiger partial charge in [-0.1, -0.05) is 0 Å². The zero-order valence-electron chi connectivity index (χ0n) is 7.95. The summed E-state index contributed by atoms with van der Waals surface area (Å²) >= 11 is 10.1. The smallest absolute Gasteiger partial charge is 0.140 e. The fourth-order valence-electron chi connectivity index (χ4n) is 1.31. The van der Waals surface area contributed by atoms with E-state index in [1.807, 2.05) is 12.1 Å². The van der Waals surface area contributed by atoms with Crippen LogP contribution in [0.15, 0.2) is 42.4 Å². The molecule has 1 unspecified atom stereocenters. The van der Waals surface area contributed by atoms with Crippen molar-refractivity contribution in [2.75, 3.05) is 0 Å². The number of aromatic nitrogens is 1. The van der Waals surface area contributed by atoms with E-state index < -0.39 is 6.04 Å². The van der Waals surface area contributed by atoms with Crippen molar-refractivity contribution in [2.24, 2.45) is 5.73 Å². The molecule has 3 nitrogen and oxygen atoms in total. The summed E-state index contributed by atoms with van der Waals surface area (Å²) in [5, 5.41) is 0. The van der Waals surface area contributed by atoms with Gasteiger partial charge in [-0.3, -0.25) is 4.98 Å². The third-order valence-electron chi connectivity index (χ3n) is 2.06. The van der Waals surface area contributed by atoms with Gasteiger partial charge in [0.25, 0.3) is 0 Å². The van der Waals surface area contributed by atoms with Crippen molar-refractivity contribution in [3.05, 3.63) is 49.5 Å². The first-order valence-electron chi connectivity index (χ1n) is 4.39. The Kier molecular flexibility index (Phi) is 3.84. The summed E-state index contributed by atoms with van der Waals surface area (Å²) in [6.07, 6.45) is 3.29. The molecule has 2 aromatic heterocycles. The second-order valence-corrected chi connectivity index (χ2v) is 5.76. The van der Waals surface area contributed by atoms with Crippen LogP contribution in [0.3, 0.4) is 0 Å². The van der Waals surface area contributed by atoms with Crippen LogP contribution >= 0.6 is 47.8 Å². The highest BCUT2D eigenvalue weighted by molar-refractivity contribution is 9.11. The lowest BCUT2D eigenvalue weighted by Crippen LogP contribution is -2.13. The zero-order valence-corrected chi connectivity index (χ0v) is 12.7. The first kappa shape index (κ1) is 12.3. The minimum Gasteiger partial charge on any atom is -0.466 e. The third kappa shape index (κ3) is 2.40. The fourth-order valence-corrected chi connectivity index (χ4v) is 2.99. The maximum atomic E-state index is 6.08. The van der Waals surface area contributed by atoms with Crippen LogP contribution in [0.25, 0.3) is 0 Å². The molecule has 2 N–H and O–H groups in total. The van der Waals surface area contributed by atoms with Crippen molar-refractivity contribution in [1.82, 2.24) is 4.98 Å². The minimum absolute atomic E-state index is 0.396. The molecule has 0 aliphatic heterocycles. The lowest BCUT2D eigenvalue weighted by atomic mass is 10.1. The second kappa shape index (κ2) is 5.00. The van der Waals surface area contributed by atoms with E-state index in [-0.39, 0.29) is 0 Å². The lowest BCUT2D eigenvalue weighted by Gasteiger charge is -2.11. The molecule has 0 fully saturated rings. The Labute approximate surface area is 118 Å². The second-order valence-electron chi connectivity index (χ2n) is 3.13. The van der Waals surface area contributed by atoms with Crippen molar-refractivity contribution in [3.63, 3.8) is 0 Å². The van der Waals surface area contributed by atoms with Crippen molar-refractivity contribution >= 4 is 47.8 Å². The summed E-state index contributed by atoms with van der Waals surface area (Å²) < 4.78 is 7.91. The molecule has 1 atom stereocenters.